The van der Waals surface area contributed by atoms with E-state index in [2.05, 4.69) is 42.1 Å². The number of hydrogen-bond acceptors (Lipinski definition) is 4. The van der Waals surface area contributed by atoms with Gasteiger partial charge in [0.05, 0.1) is 0 Å². The van der Waals surface area contributed by atoms with Gasteiger partial charge in [0.1, 0.15) is 13.2 Å². The van der Waals surface area contributed by atoms with Crippen molar-refractivity contribution in [1.29, 1.82) is 0 Å². The molecule has 0 aliphatic carbocycles. The molecule has 0 saturated heterocycles. The maximum Gasteiger partial charge on any atom is 0.161 e. The van der Waals surface area contributed by atoms with Gasteiger partial charge in [-0.05, 0) is 43.8 Å². The Balaban J connectivity index is 1.62. The lowest BCUT2D eigenvalue weighted by Gasteiger charge is -2.25. The first kappa shape index (κ1) is 14.9. The largest absolute Gasteiger partial charge is 0.486 e. The second-order valence-electron chi connectivity index (χ2n) is 5.77. The fraction of sp³-hybridized carbons (Fsp3) is 0.389. The minimum absolute atomic E-state index is 0.420. The predicted molar refractivity (Wildman–Crippen MR) is 86.3 cm³/mol. The molecular formula is C18H22N2O2. The molecule has 2 aromatic rings. The van der Waals surface area contributed by atoms with Crippen molar-refractivity contribution >= 4 is 0 Å². The molecule has 0 unspecified atom stereocenters. The molecule has 0 spiro atoms. The van der Waals surface area contributed by atoms with Crippen molar-refractivity contribution in [2.45, 2.75) is 25.9 Å². The Morgan fingerprint density at radius 1 is 1.14 bits per heavy atom. The molecule has 116 valence electrons. The predicted octanol–water partition coefficient (Wildman–Crippen LogP) is 2.92. The van der Waals surface area contributed by atoms with Gasteiger partial charge in [-0.25, -0.2) is 0 Å². The molecule has 2 heterocycles. The first-order valence-electron chi connectivity index (χ1n) is 7.71. The number of hydrogen-bond donors (Lipinski definition) is 0. The van der Waals surface area contributed by atoms with E-state index in [1.54, 1.807) is 0 Å². The topological polar surface area (TPSA) is 34.6 Å². The molecule has 22 heavy (non-hydrogen) atoms. The summed E-state index contributed by atoms with van der Waals surface area (Å²) in [6.07, 6.45) is 2.80. The van der Waals surface area contributed by atoms with E-state index in [1.807, 2.05) is 24.4 Å². The van der Waals surface area contributed by atoms with E-state index in [0.717, 1.165) is 30.2 Å². The molecule has 0 amide bonds. The molecule has 4 heteroatoms. The Hall–Kier alpha value is -2.07. The third kappa shape index (κ3) is 3.57. The Bertz CT molecular complexity index is 616. The lowest BCUT2D eigenvalue weighted by Crippen LogP contribution is -2.30. The molecule has 3 rings (SSSR count). The van der Waals surface area contributed by atoms with Crippen molar-refractivity contribution in [3.63, 3.8) is 0 Å². The van der Waals surface area contributed by atoms with Crippen LogP contribution in [-0.4, -0.2) is 36.2 Å². The SMILES string of the molecule is C[C@H](Cc1ccccn1)N(C)Cc1ccc2c(c1)OCCO2. The van der Waals surface area contributed by atoms with Crippen LogP contribution in [0.25, 0.3) is 0 Å². The maximum atomic E-state index is 5.65. The van der Waals surface area contributed by atoms with Gasteiger partial charge in [-0.3, -0.25) is 9.88 Å². The van der Waals surface area contributed by atoms with E-state index in [9.17, 15) is 0 Å². The van der Waals surface area contributed by atoms with Gasteiger partial charge < -0.3 is 9.47 Å². The maximum absolute atomic E-state index is 5.65. The molecule has 4 nitrogen and oxygen atoms in total. The zero-order valence-electron chi connectivity index (χ0n) is 13.2. The van der Waals surface area contributed by atoms with Crippen LogP contribution >= 0.6 is 0 Å². The van der Waals surface area contributed by atoms with Gasteiger partial charge in [-0.2, -0.15) is 0 Å². The smallest absolute Gasteiger partial charge is 0.161 e. The third-order valence-corrected chi connectivity index (χ3v) is 4.02. The molecule has 1 aromatic carbocycles. The van der Waals surface area contributed by atoms with Crippen LogP contribution in [0.3, 0.4) is 0 Å². The van der Waals surface area contributed by atoms with Crippen LogP contribution in [0.15, 0.2) is 42.6 Å². The molecule has 1 atom stereocenters. The van der Waals surface area contributed by atoms with Crippen LogP contribution in [0.4, 0.5) is 0 Å². The van der Waals surface area contributed by atoms with Crippen LogP contribution in [0, 0.1) is 0 Å². The summed E-state index contributed by atoms with van der Waals surface area (Å²) in [5.74, 6) is 1.70. The zero-order valence-corrected chi connectivity index (χ0v) is 13.2. The van der Waals surface area contributed by atoms with E-state index in [-0.39, 0.29) is 0 Å². The summed E-state index contributed by atoms with van der Waals surface area (Å²) >= 11 is 0. The highest BCUT2D eigenvalue weighted by Crippen LogP contribution is 2.31. The normalized spacial score (nSPS) is 14.9. The monoisotopic (exact) mass is 298 g/mol. The molecule has 0 fully saturated rings. The average molecular weight is 298 g/mol. The van der Waals surface area contributed by atoms with Gasteiger partial charge in [0, 0.05) is 30.9 Å². The Morgan fingerprint density at radius 2 is 1.95 bits per heavy atom. The lowest BCUT2D eigenvalue weighted by atomic mass is 10.1. The Kier molecular flexibility index (Phi) is 4.59. The van der Waals surface area contributed by atoms with Gasteiger partial charge >= 0.3 is 0 Å². The summed E-state index contributed by atoms with van der Waals surface area (Å²) in [5, 5.41) is 0. The van der Waals surface area contributed by atoms with Crippen LogP contribution in [0.1, 0.15) is 18.2 Å². The van der Waals surface area contributed by atoms with Crippen LogP contribution in [0.2, 0.25) is 0 Å². The summed E-state index contributed by atoms with van der Waals surface area (Å²) in [5.41, 5.74) is 2.36. The molecule has 1 aromatic heterocycles. The highest BCUT2D eigenvalue weighted by molar-refractivity contribution is 5.43. The molecule has 0 radical (unpaired) electrons. The molecule has 0 saturated carbocycles. The van der Waals surface area contributed by atoms with Crippen molar-refractivity contribution in [2.75, 3.05) is 20.3 Å². The number of likely N-dealkylation sites (N-methyl/N-ethyl adjacent to an activating group) is 1. The van der Waals surface area contributed by atoms with E-state index in [1.165, 1.54) is 5.56 Å². The number of fused-ring (bicyclic) bond motifs is 1. The van der Waals surface area contributed by atoms with Crippen molar-refractivity contribution in [2.24, 2.45) is 0 Å². The zero-order chi connectivity index (χ0) is 15.4. The molecule has 0 bridgehead atoms. The Labute approximate surface area is 131 Å². The molecular weight excluding hydrogens is 276 g/mol. The van der Waals surface area contributed by atoms with Gasteiger partial charge in [-0.1, -0.05) is 12.1 Å². The minimum Gasteiger partial charge on any atom is -0.486 e. The van der Waals surface area contributed by atoms with Crippen LogP contribution < -0.4 is 9.47 Å². The van der Waals surface area contributed by atoms with Gasteiger partial charge in [0.15, 0.2) is 11.5 Å². The fourth-order valence-corrected chi connectivity index (χ4v) is 2.61. The van der Waals surface area contributed by atoms with E-state index in [4.69, 9.17) is 9.47 Å². The van der Waals surface area contributed by atoms with E-state index >= 15 is 0 Å². The summed E-state index contributed by atoms with van der Waals surface area (Å²) < 4.78 is 11.2. The standard InChI is InChI=1S/C18H22N2O2/c1-14(11-16-5-3-4-8-19-16)20(2)13-15-6-7-17-18(12-15)22-10-9-21-17/h3-8,12,14H,9-11,13H2,1-2H3/t14-/m1/s1. The molecule has 1 aliphatic heterocycles. The highest BCUT2D eigenvalue weighted by atomic mass is 16.6. The third-order valence-electron chi connectivity index (χ3n) is 4.02. The van der Waals surface area contributed by atoms with Crippen molar-refractivity contribution in [3.8, 4) is 11.5 Å². The first-order chi connectivity index (χ1) is 10.7. The minimum atomic E-state index is 0.420. The van der Waals surface area contributed by atoms with Crippen LogP contribution in [-0.2, 0) is 13.0 Å². The summed E-state index contributed by atoms with van der Waals surface area (Å²) in [4.78, 5) is 6.74. The van der Waals surface area contributed by atoms with Crippen LogP contribution in [0.5, 0.6) is 11.5 Å². The van der Waals surface area contributed by atoms with Crippen molar-refractivity contribution in [1.82, 2.24) is 9.88 Å². The summed E-state index contributed by atoms with van der Waals surface area (Å²) in [6.45, 7) is 4.37. The first-order valence-corrected chi connectivity index (χ1v) is 7.71. The molecule has 1 aliphatic rings. The summed E-state index contributed by atoms with van der Waals surface area (Å²) in [7, 11) is 2.14. The van der Waals surface area contributed by atoms with E-state index < -0.39 is 0 Å². The highest BCUT2D eigenvalue weighted by Gasteiger charge is 2.15. The van der Waals surface area contributed by atoms with E-state index in [0.29, 0.717) is 19.3 Å². The lowest BCUT2D eigenvalue weighted by molar-refractivity contribution is 0.171. The second kappa shape index (κ2) is 6.79. The van der Waals surface area contributed by atoms with Gasteiger partial charge in [-0.15, -0.1) is 0 Å². The van der Waals surface area contributed by atoms with Gasteiger partial charge in [0.2, 0.25) is 0 Å². The quantitative estimate of drug-likeness (QED) is 0.850. The average Bonchev–Trinajstić information content (AvgIpc) is 2.55. The number of ether oxygens (including phenoxy) is 2. The number of benzene rings is 1. The number of pyridine rings is 1. The fourth-order valence-electron chi connectivity index (χ4n) is 2.61. The number of aromatic nitrogens is 1. The summed E-state index contributed by atoms with van der Waals surface area (Å²) in [6, 6.07) is 12.7. The van der Waals surface area contributed by atoms with Crippen molar-refractivity contribution in [3.05, 3.63) is 53.9 Å². The second-order valence-corrected chi connectivity index (χ2v) is 5.77. The number of nitrogens with zero attached hydrogens (tertiary/aromatic N) is 2. The van der Waals surface area contributed by atoms with Gasteiger partial charge in [0.25, 0.3) is 0 Å². The molecule has 0 N–H and O–H groups in total. The van der Waals surface area contributed by atoms with Crippen molar-refractivity contribution < 1.29 is 9.47 Å². The number of rotatable bonds is 5. The Morgan fingerprint density at radius 3 is 2.73 bits per heavy atom.